The smallest absolute Gasteiger partial charge is 0.143 e. The van der Waals surface area contributed by atoms with Crippen LogP contribution in [0.1, 0.15) is 25.0 Å². The van der Waals surface area contributed by atoms with Crippen molar-refractivity contribution in [1.29, 1.82) is 0 Å². The lowest BCUT2D eigenvalue weighted by Crippen LogP contribution is -2.16. The monoisotopic (exact) mass is 779 g/mol. The average molecular weight is 780 g/mol. The third kappa shape index (κ3) is 5.49. The largest absolute Gasteiger partial charge is 0.455 e. The van der Waals surface area contributed by atoms with E-state index < -0.39 is 0 Å². The van der Waals surface area contributed by atoms with Crippen molar-refractivity contribution in [1.82, 2.24) is 0 Å². The summed E-state index contributed by atoms with van der Waals surface area (Å²) < 4.78 is 6.87. The van der Waals surface area contributed by atoms with Gasteiger partial charge in [0.05, 0.1) is 0 Å². The molecule has 0 saturated carbocycles. The van der Waals surface area contributed by atoms with E-state index in [0.29, 0.717) is 0 Å². The van der Waals surface area contributed by atoms with Crippen molar-refractivity contribution < 1.29 is 4.42 Å². The first-order valence-electron chi connectivity index (χ1n) is 21.2. The van der Waals surface area contributed by atoms with Crippen LogP contribution in [0.5, 0.6) is 0 Å². The summed E-state index contributed by atoms with van der Waals surface area (Å²) in [5, 5.41) is 7.08. The predicted molar refractivity (Wildman–Crippen MR) is 257 cm³/mol. The predicted octanol–water partition coefficient (Wildman–Crippen LogP) is 16.7. The highest BCUT2D eigenvalue weighted by atomic mass is 16.3. The first kappa shape index (κ1) is 35.3. The molecule has 1 aromatic heterocycles. The maximum absolute atomic E-state index is 6.87. The zero-order valence-corrected chi connectivity index (χ0v) is 34.1. The van der Waals surface area contributed by atoms with Gasteiger partial charge in [-0.25, -0.2) is 0 Å². The maximum Gasteiger partial charge on any atom is 0.143 e. The molecule has 2 heteroatoms. The molecule has 10 aromatic carbocycles. The fraction of sp³-hybridized carbons (Fsp3) is 0.0508. The number of furan rings is 1. The Bertz CT molecular complexity index is 3470. The van der Waals surface area contributed by atoms with Gasteiger partial charge in [0.15, 0.2) is 0 Å². The standard InChI is InChI=1S/C59H41NO/c1-59(2)52-24-14-13-21-48(52)49-34-33-44(37-53(49)59)60(42-29-25-39(26-30-42)38-15-5-3-6-16-38)43-31-27-40(28-32-43)45-35-36-54-57(55(45)41-17-7-4-8-18-41)56-50-22-11-9-19-46(50)47-20-10-12-23-51(47)58(56)61-54/h3-37H,1-2H3. The van der Waals surface area contributed by atoms with E-state index in [-0.39, 0.29) is 5.41 Å². The topological polar surface area (TPSA) is 16.4 Å². The van der Waals surface area contributed by atoms with Crippen LogP contribution in [0.3, 0.4) is 0 Å². The molecule has 0 spiro atoms. The van der Waals surface area contributed by atoms with Crippen molar-refractivity contribution in [2.75, 3.05) is 4.90 Å². The van der Waals surface area contributed by atoms with Gasteiger partial charge >= 0.3 is 0 Å². The zero-order chi connectivity index (χ0) is 40.7. The minimum absolute atomic E-state index is 0.115. The third-order valence-corrected chi connectivity index (χ3v) is 13.1. The molecular weight excluding hydrogens is 739 g/mol. The Morgan fingerprint density at radius 2 is 0.869 bits per heavy atom. The maximum atomic E-state index is 6.87. The van der Waals surface area contributed by atoms with E-state index in [1.807, 2.05) is 0 Å². The summed E-state index contributed by atoms with van der Waals surface area (Å²) in [6.45, 7) is 4.70. The Labute approximate surface area is 355 Å². The molecule has 288 valence electrons. The number of hydrogen-bond donors (Lipinski definition) is 0. The Morgan fingerprint density at radius 1 is 0.361 bits per heavy atom. The highest BCUT2D eigenvalue weighted by molar-refractivity contribution is 6.32. The van der Waals surface area contributed by atoms with Crippen LogP contribution in [0.4, 0.5) is 17.1 Å². The van der Waals surface area contributed by atoms with Crippen LogP contribution in [0.25, 0.3) is 88.0 Å². The lowest BCUT2D eigenvalue weighted by atomic mass is 9.82. The Morgan fingerprint density at radius 3 is 1.57 bits per heavy atom. The van der Waals surface area contributed by atoms with E-state index in [9.17, 15) is 0 Å². The van der Waals surface area contributed by atoms with Gasteiger partial charge in [-0.2, -0.15) is 0 Å². The lowest BCUT2D eigenvalue weighted by molar-refractivity contribution is 0.660. The number of benzene rings is 10. The Balaban J connectivity index is 1.04. The summed E-state index contributed by atoms with van der Waals surface area (Å²) in [5.41, 5.74) is 17.5. The van der Waals surface area contributed by atoms with Gasteiger partial charge in [0.2, 0.25) is 0 Å². The Kier molecular flexibility index (Phi) is 7.92. The fourth-order valence-electron chi connectivity index (χ4n) is 10.1. The zero-order valence-electron chi connectivity index (χ0n) is 34.1. The van der Waals surface area contributed by atoms with Gasteiger partial charge in [-0.1, -0.05) is 184 Å². The number of hydrogen-bond acceptors (Lipinski definition) is 2. The van der Waals surface area contributed by atoms with Crippen molar-refractivity contribution in [3.63, 3.8) is 0 Å². The summed E-state index contributed by atoms with van der Waals surface area (Å²) in [5.74, 6) is 0. The summed E-state index contributed by atoms with van der Waals surface area (Å²) in [6.07, 6.45) is 0. The second-order valence-corrected chi connectivity index (χ2v) is 16.8. The summed E-state index contributed by atoms with van der Waals surface area (Å²) in [6, 6.07) is 77.2. The quantitative estimate of drug-likeness (QED) is 0.156. The van der Waals surface area contributed by atoms with Crippen LogP contribution >= 0.6 is 0 Å². The molecule has 0 radical (unpaired) electrons. The number of nitrogens with zero attached hydrogens (tertiary/aromatic N) is 1. The molecule has 61 heavy (non-hydrogen) atoms. The molecule has 0 atom stereocenters. The Hall–Kier alpha value is -7.68. The number of rotatable bonds is 6. The third-order valence-electron chi connectivity index (χ3n) is 13.1. The SMILES string of the molecule is CC1(C)c2ccccc2-c2ccc(N(c3ccc(-c4ccccc4)cc3)c3ccc(-c4ccc5oc6c7ccccc7c7ccccc7c6c5c4-c4ccccc4)cc3)cc21. The fourth-order valence-corrected chi connectivity index (χ4v) is 10.1. The van der Waals surface area contributed by atoms with E-state index >= 15 is 0 Å². The molecule has 0 fully saturated rings. The minimum atomic E-state index is -0.115. The first-order valence-corrected chi connectivity index (χ1v) is 21.2. The van der Waals surface area contributed by atoms with Crippen molar-refractivity contribution in [3.05, 3.63) is 223 Å². The van der Waals surface area contributed by atoms with E-state index in [2.05, 4.69) is 231 Å². The second kappa shape index (κ2) is 13.7. The number of anilines is 3. The van der Waals surface area contributed by atoms with Gasteiger partial charge in [-0.3, -0.25) is 0 Å². The van der Waals surface area contributed by atoms with E-state index in [1.165, 1.54) is 60.7 Å². The molecule has 1 heterocycles. The van der Waals surface area contributed by atoms with Crippen LogP contribution in [0.2, 0.25) is 0 Å². The van der Waals surface area contributed by atoms with Gasteiger partial charge < -0.3 is 9.32 Å². The molecule has 2 nitrogen and oxygen atoms in total. The molecule has 0 amide bonds. The van der Waals surface area contributed by atoms with Gasteiger partial charge in [0.1, 0.15) is 11.2 Å². The van der Waals surface area contributed by atoms with Gasteiger partial charge in [0, 0.05) is 44.2 Å². The van der Waals surface area contributed by atoms with Crippen molar-refractivity contribution in [2.45, 2.75) is 19.3 Å². The van der Waals surface area contributed by atoms with E-state index in [0.717, 1.165) is 55.5 Å². The molecule has 0 saturated heterocycles. The summed E-state index contributed by atoms with van der Waals surface area (Å²) >= 11 is 0. The molecule has 1 aliphatic rings. The van der Waals surface area contributed by atoms with Crippen molar-refractivity contribution in [2.24, 2.45) is 0 Å². The first-order chi connectivity index (χ1) is 30.0. The average Bonchev–Trinajstić information content (AvgIpc) is 3.83. The van der Waals surface area contributed by atoms with Crippen LogP contribution in [-0.4, -0.2) is 0 Å². The molecule has 1 aliphatic carbocycles. The minimum Gasteiger partial charge on any atom is -0.455 e. The van der Waals surface area contributed by atoms with Crippen molar-refractivity contribution >= 4 is 60.5 Å². The highest BCUT2D eigenvalue weighted by Crippen LogP contribution is 2.51. The van der Waals surface area contributed by atoms with Crippen LogP contribution in [0.15, 0.2) is 217 Å². The van der Waals surface area contributed by atoms with Crippen LogP contribution in [-0.2, 0) is 5.41 Å². The summed E-state index contributed by atoms with van der Waals surface area (Å²) in [7, 11) is 0. The molecule has 0 unspecified atom stereocenters. The molecule has 0 N–H and O–H groups in total. The van der Waals surface area contributed by atoms with Gasteiger partial charge in [0.25, 0.3) is 0 Å². The molecule has 11 aromatic rings. The second-order valence-electron chi connectivity index (χ2n) is 16.8. The molecular formula is C59H41NO. The lowest BCUT2D eigenvalue weighted by Gasteiger charge is -2.28. The summed E-state index contributed by atoms with van der Waals surface area (Å²) in [4.78, 5) is 2.40. The number of fused-ring (bicyclic) bond motifs is 11. The van der Waals surface area contributed by atoms with Crippen LogP contribution < -0.4 is 4.90 Å². The van der Waals surface area contributed by atoms with E-state index in [4.69, 9.17) is 4.42 Å². The highest BCUT2D eigenvalue weighted by Gasteiger charge is 2.35. The van der Waals surface area contributed by atoms with Crippen LogP contribution in [0, 0.1) is 0 Å². The van der Waals surface area contributed by atoms with Gasteiger partial charge in [-0.15, -0.1) is 0 Å². The molecule has 0 bridgehead atoms. The molecule has 0 aliphatic heterocycles. The van der Waals surface area contributed by atoms with Crippen molar-refractivity contribution in [3.8, 4) is 44.5 Å². The van der Waals surface area contributed by atoms with E-state index in [1.54, 1.807) is 0 Å². The van der Waals surface area contributed by atoms with Gasteiger partial charge in [-0.05, 0) is 109 Å². The normalized spacial score (nSPS) is 12.9. The molecule has 12 rings (SSSR count).